The van der Waals surface area contributed by atoms with Gasteiger partial charge in [-0.25, -0.2) is 0 Å². The predicted octanol–water partition coefficient (Wildman–Crippen LogP) is 4.03. The Morgan fingerprint density at radius 2 is 1.56 bits per heavy atom. The van der Waals surface area contributed by atoms with E-state index in [2.05, 4.69) is 6.92 Å². The maximum atomic E-state index is 6.33. The zero-order chi connectivity index (χ0) is 18.0. The quantitative estimate of drug-likeness (QED) is 0.819. The Kier molecular flexibility index (Phi) is 4.93. The van der Waals surface area contributed by atoms with Crippen LogP contribution in [0.2, 0.25) is 0 Å². The lowest BCUT2D eigenvalue weighted by molar-refractivity contribution is 0.121. The molecule has 0 amide bonds. The van der Waals surface area contributed by atoms with E-state index in [0.29, 0.717) is 11.5 Å². The van der Waals surface area contributed by atoms with Crippen LogP contribution < -0.4 is 23.7 Å². The molecule has 2 atom stereocenters. The third-order valence-electron chi connectivity index (χ3n) is 4.63. The molecule has 1 aliphatic heterocycles. The van der Waals surface area contributed by atoms with Crippen molar-refractivity contribution in [2.45, 2.75) is 19.4 Å². The van der Waals surface area contributed by atoms with Crippen LogP contribution in [0.3, 0.4) is 0 Å². The summed E-state index contributed by atoms with van der Waals surface area (Å²) in [6, 6.07) is 9.71. The van der Waals surface area contributed by atoms with Gasteiger partial charge in [-0.05, 0) is 24.1 Å². The molecule has 0 aliphatic carbocycles. The molecule has 5 heteroatoms. The molecule has 2 aromatic rings. The maximum absolute atomic E-state index is 6.33. The molecular weight excluding hydrogens is 320 g/mol. The summed E-state index contributed by atoms with van der Waals surface area (Å²) in [7, 11) is 6.57. The number of benzene rings is 2. The number of methoxy groups -OCH3 is 4. The first kappa shape index (κ1) is 17.3. The van der Waals surface area contributed by atoms with E-state index in [0.717, 1.165) is 34.8 Å². The zero-order valence-corrected chi connectivity index (χ0v) is 15.3. The molecule has 0 saturated carbocycles. The highest BCUT2D eigenvalue weighted by Crippen LogP contribution is 2.45. The van der Waals surface area contributed by atoms with Crippen LogP contribution in [0.25, 0.3) is 0 Å². The molecule has 0 fully saturated rings. The van der Waals surface area contributed by atoms with Gasteiger partial charge >= 0.3 is 0 Å². The molecule has 0 bridgehead atoms. The van der Waals surface area contributed by atoms with Crippen molar-refractivity contribution in [3.05, 3.63) is 41.5 Å². The zero-order valence-electron chi connectivity index (χ0n) is 15.3. The summed E-state index contributed by atoms with van der Waals surface area (Å²) in [4.78, 5) is 0. The minimum atomic E-state index is -0.0795. The van der Waals surface area contributed by atoms with Crippen molar-refractivity contribution in [2.75, 3.05) is 28.4 Å². The Morgan fingerprint density at radius 3 is 2.20 bits per heavy atom. The SMILES string of the molecule is COc1cc(OC)c2c(c1)OC(c1ccc(OC)c(OC)c1)C(C)C2. The maximum Gasteiger partial charge on any atom is 0.161 e. The summed E-state index contributed by atoms with van der Waals surface area (Å²) in [5.41, 5.74) is 2.13. The van der Waals surface area contributed by atoms with Gasteiger partial charge in [0.2, 0.25) is 0 Å². The van der Waals surface area contributed by atoms with Crippen LogP contribution in [0, 0.1) is 5.92 Å². The normalized spacial score (nSPS) is 18.8. The molecule has 25 heavy (non-hydrogen) atoms. The van der Waals surface area contributed by atoms with E-state index >= 15 is 0 Å². The fraction of sp³-hybridized carbons (Fsp3) is 0.400. The molecule has 1 aliphatic rings. The van der Waals surface area contributed by atoms with Gasteiger partial charge in [-0.15, -0.1) is 0 Å². The Morgan fingerprint density at radius 1 is 0.840 bits per heavy atom. The summed E-state index contributed by atoms with van der Waals surface area (Å²) in [6.07, 6.45) is 0.783. The minimum absolute atomic E-state index is 0.0795. The highest BCUT2D eigenvalue weighted by molar-refractivity contribution is 5.53. The third kappa shape index (κ3) is 3.18. The molecule has 0 aromatic heterocycles. The largest absolute Gasteiger partial charge is 0.496 e. The molecule has 0 saturated heterocycles. The average molecular weight is 344 g/mol. The standard InChI is InChI=1S/C20H24O5/c1-12-8-15-17(23-4)10-14(21-2)11-18(15)25-20(12)13-6-7-16(22-3)19(9-13)24-5/h6-7,9-12,20H,8H2,1-5H3. The van der Waals surface area contributed by atoms with Gasteiger partial charge in [-0.1, -0.05) is 13.0 Å². The fourth-order valence-corrected chi connectivity index (χ4v) is 3.31. The molecule has 0 N–H and O–H groups in total. The van der Waals surface area contributed by atoms with Gasteiger partial charge in [0.25, 0.3) is 0 Å². The predicted molar refractivity (Wildman–Crippen MR) is 95.3 cm³/mol. The Balaban J connectivity index is 1.99. The molecule has 1 heterocycles. The molecule has 5 nitrogen and oxygen atoms in total. The van der Waals surface area contributed by atoms with Crippen LogP contribution in [-0.2, 0) is 6.42 Å². The lowest BCUT2D eigenvalue weighted by Gasteiger charge is -2.33. The van der Waals surface area contributed by atoms with Crippen LogP contribution >= 0.6 is 0 Å². The van der Waals surface area contributed by atoms with E-state index < -0.39 is 0 Å². The first-order valence-corrected chi connectivity index (χ1v) is 8.24. The van der Waals surface area contributed by atoms with Crippen molar-refractivity contribution in [3.8, 4) is 28.7 Å². The van der Waals surface area contributed by atoms with Crippen LogP contribution in [0.1, 0.15) is 24.2 Å². The molecule has 134 valence electrons. The first-order chi connectivity index (χ1) is 12.1. The van der Waals surface area contributed by atoms with E-state index in [1.165, 1.54) is 0 Å². The molecule has 2 unspecified atom stereocenters. The molecule has 3 rings (SSSR count). The van der Waals surface area contributed by atoms with Crippen LogP contribution in [0.15, 0.2) is 30.3 Å². The first-order valence-electron chi connectivity index (χ1n) is 8.24. The minimum Gasteiger partial charge on any atom is -0.496 e. The fourth-order valence-electron chi connectivity index (χ4n) is 3.31. The van der Waals surface area contributed by atoms with Gasteiger partial charge in [0, 0.05) is 23.6 Å². The van der Waals surface area contributed by atoms with E-state index in [1.54, 1.807) is 28.4 Å². The van der Waals surface area contributed by atoms with Gasteiger partial charge < -0.3 is 23.7 Å². The van der Waals surface area contributed by atoms with Crippen molar-refractivity contribution in [2.24, 2.45) is 5.92 Å². The van der Waals surface area contributed by atoms with Gasteiger partial charge in [0.05, 0.1) is 28.4 Å². The van der Waals surface area contributed by atoms with E-state index in [9.17, 15) is 0 Å². The number of ether oxygens (including phenoxy) is 5. The van der Waals surface area contributed by atoms with E-state index in [-0.39, 0.29) is 12.0 Å². The Hall–Kier alpha value is -2.56. The van der Waals surface area contributed by atoms with Crippen LogP contribution in [-0.4, -0.2) is 28.4 Å². The molecule has 0 spiro atoms. The molecular formula is C20H24O5. The lowest BCUT2D eigenvalue weighted by atomic mass is 9.87. The Bertz CT molecular complexity index is 756. The summed E-state index contributed by atoms with van der Waals surface area (Å²) >= 11 is 0. The van der Waals surface area contributed by atoms with Crippen molar-refractivity contribution < 1.29 is 23.7 Å². The van der Waals surface area contributed by atoms with Crippen LogP contribution in [0.4, 0.5) is 0 Å². The smallest absolute Gasteiger partial charge is 0.161 e. The number of rotatable bonds is 5. The molecule has 2 aromatic carbocycles. The topological polar surface area (TPSA) is 46.2 Å². The Labute approximate surface area is 148 Å². The number of hydrogen-bond donors (Lipinski definition) is 0. The monoisotopic (exact) mass is 344 g/mol. The van der Waals surface area contributed by atoms with E-state index in [1.807, 2.05) is 30.3 Å². The van der Waals surface area contributed by atoms with Gasteiger partial charge in [-0.2, -0.15) is 0 Å². The average Bonchev–Trinajstić information content (AvgIpc) is 2.66. The van der Waals surface area contributed by atoms with Gasteiger partial charge in [-0.3, -0.25) is 0 Å². The third-order valence-corrected chi connectivity index (χ3v) is 4.63. The number of fused-ring (bicyclic) bond motifs is 1. The number of hydrogen-bond acceptors (Lipinski definition) is 5. The lowest BCUT2D eigenvalue weighted by Crippen LogP contribution is -2.24. The molecule has 0 radical (unpaired) electrons. The summed E-state index contributed by atoms with van der Waals surface area (Å²) in [5.74, 6) is 4.01. The van der Waals surface area contributed by atoms with E-state index in [4.69, 9.17) is 23.7 Å². The van der Waals surface area contributed by atoms with Crippen molar-refractivity contribution in [1.82, 2.24) is 0 Å². The summed E-state index contributed by atoms with van der Waals surface area (Å²) in [6.45, 7) is 2.17. The summed E-state index contributed by atoms with van der Waals surface area (Å²) in [5, 5.41) is 0. The second kappa shape index (κ2) is 7.13. The van der Waals surface area contributed by atoms with Gasteiger partial charge in [0.15, 0.2) is 11.5 Å². The highest BCUT2D eigenvalue weighted by Gasteiger charge is 2.31. The van der Waals surface area contributed by atoms with Crippen molar-refractivity contribution in [1.29, 1.82) is 0 Å². The van der Waals surface area contributed by atoms with Crippen molar-refractivity contribution >= 4 is 0 Å². The van der Waals surface area contributed by atoms with Crippen molar-refractivity contribution in [3.63, 3.8) is 0 Å². The van der Waals surface area contributed by atoms with Gasteiger partial charge in [0.1, 0.15) is 23.4 Å². The summed E-state index contributed by atoms with van der Waals surface area (Å²) < 4.78 is 28.0. The second-order valence-corrected chi connectivity index (χ2v) is 6.14. The second-order valence-electron chi connectivity index (χ2n) is 6.14. The highest BCUT2D eigenvalue weighted by atomic mass is 16.5. The van der Waals surface area contributed by atoms with Crippen LogP contribution in [0.5, 0.6) is 28.7 Å².